The van der Waals surface area contributed by atoms with Crippen LogP contribution in [-0.4, -0.2) is 44.4 Å². The van der Waals surface area contributed by atoms with Crippen LogP contribution < -0.4 is 5.32 Å². The normalized spacial score (nSPS) is 22.2. The molecule has 0 saturated heterocycles. The number of aromatic nitrogens is 4. The molecule has 2 aliphatic rings. The second-order valence-corrected chi connectivity index (χ2v) is 5.80. The zero-order valence-corrected chi connectivity index (χ0v) is 13.4. The molecule has 7 nitrogen and oxygen atoms in total. The van der Waals surface area contributed by atoms with Crippen molar-refractivity contribution < 1.29 is 0 Å². The average Bonchev–Trinajstić information content (AvgIpc) is 3.16. The summed E-state index contributed by atoms with van der Waals surface area (Å²) in [6, 6.07) is 7.95. The van der Waals surface area contributed by atoms with Crippen LogP contribution in [0.25, 0.3) is 11.4 Å². The van der Waals surface area contributed by atoms with Crippen LogP contribution in [0.3, 0.4) is 0 Å². The number of hydrogen-bond donors (Lipinski definition) is 2. The summed E-state index contributed by atoms with van der Waals surface area (Å²) in [6.45, 7) is 3.14. The summed E-state index contributed by atoms with van der Waals surface area (Å²) in [5.74, 6) is 0.989. The number of benzene rings is 1. The first-order valence-electron chi connectivity index (χ1n) is 8.12. The fourth-order valence-electron chi connectivity index (χ4n) is 3.05. The smallest absolute Gasteiger partial charge is 0.204 e. The Kier molecular flexibility index (Phi) is 3.82. The third kappa shape index (κ3) is 2.80. The molecule has 0 bridgehead atoms. The number of allylic oxidation sites excluding steroid dienone is 2. The van der Waals surface area contributed by atoms with E-state index >= 15 is 0 Å². The van der Waals surface area contributed by atoms with Gasteiger partial charge in [-0.25, -0.2) is 0 Å². The molecule has 0 saturated carbocycles. The fourth-order valence-corrected chi connectivity index (χ4v) is 3.05. The molecular formula is C17H19N7. The Hall–Kier alpha value is -2.96. The maximum absolute atomic E-state index is 4.64. The summed E-state index contributed by atoms with van der Waals surface area (Å²) in [4.78, 5) is 6.92. The number of nitrogens with one attached hydrogen (secondary N) is 2. The molecule has 0 amide bonds. The van der Waals surface area contributed by atoms with Crippen LogP contribution in [0.4, 0.5) is 5.69 Å². The van der Waals surface area contributed by atoms with Crippen molar-refractivity contribution in [1.29, 1.82) is 0 Å². The van der Waals surface area contributed by atoms with E-state index in [-0.39, 0.29) is 6.17 Å². The van der Waals surface area contributed by atoms with E-state index in [4.69, 9.17) is 0 Å². The molecule has 2 aromatic rings. The van der Waals surface area contributed by atoms with Crippen molar-refractivity contribution in [3.05, 3.63) is 48.3 Å². The molecule has 0 spiro atoms. The van der Waals surface area contributed by atoms with Crippen molar-refractivity contribution in [1.82, 2.24) is 25.5 Å². The highest BCUT2D eigenvalue weighted by atomic mass is 15.5. The van der Waals surface area contributed by atoms with Crippen molar-refractivity contribution in [2.45, 2.75) is 19.5 Å². The number of tetrazole rings is 1. The minimum atomic E-state index is -0.0483. The molecule has 3 heterocycles. The highest BCUT2D eigenvalue weighted by molar-refractivity contribution is 5.69. The highest BCUT2D eigenvalue weighted by Gasteiger charge is 2.24. The monoisotopic (exact) mass is 321 g/mol. The zero-order chi connectivity index (χ0) is 16.4. The molecule has 0 aliphatic carbocycles. The second-order valence-electron chi connectivity index (χ2n) is 5.80. The number of nitrogens with zero attached hydrogens (tertiary/aromatic N) is 5. The summed E-state index contributed by atoms with van der Waals surface area (Å²) in [6.07, 6.45) is 9.63. The van der Waals surface area contributed by atoms with E-state index < -0.39 is 0 Å². The van der Waals surface area contributed by atoms with Gasteiger partial charge < -0.3 is 10.2 Å². The van der Waals surface area contributed by atoms with E-state index in [0.29, 0.717) is 11.7 Å². The van der Waals surface area contributed by atoms with Crippen LogP contribution in [0, 0.1) is 5.92 Å². The third-order valence-electron chi connectivity index (χ3n) is 4.29. The van der Waals surface area contributed by atoms with Gasteiger partial charge in [0.2, 0.25) is 5.82 Å². The number of anilines is 1. The topological polar surface area (TPSA) is 82.1 Å². The van der Waals surface area contributed by atoms with Gasteiger partial charge in [0.1, 0.15) is 6.17 Å². The van der Waals surface area contributed by atoms with Gasteiger partial charge in [-0.3, -0.25) is 4.99 Å². The van der Waals surface area contributed by atoms with Gasteiger partial charge in [-0.15, -0.1) is 10.2 Å². The lowest BCUT2D eigenvalue weighted by atomic mass is 9.96. The Morgan fingerprint density at radius 1 is 1.29 bits per heavy atom. The molecule has 2 unspecified atom stereocenters. The van der Waals surface area contributed by atoms with E-state index in [1.807, 2.05) is 24.3 Å². The maximum Gasteiger partial charge on any atom is 0.204 e. The van der Waals surface area contributed by atoms with Crippen LogP contribution >= 0.6 is 0 Å². The second kappa shape index (κ2) is 6.27. The van der Waals surface area contributed by atoms with Crippen molar-refractivity contribution in [2.24, 2.45) is 10.9 Å². The SMILES string of the molecule is CCN1C=CCC2C=NC(Nc3ccc(-c4nn[nH]n4)cc3)C=C21. The molecule has 0 radical (unpaired) electrons. The molecule has 2 atom stereocenters. The number of fused-ring (bicyclic) bond motifs is 1. The first kappa shape index (κ1) is 14.6. The van der Waals surface area contributed by atoms with E-state index in [0.717, 1.165) is 24.2 Å². The third-order valence-corrected chi connectivity index (χ3v) is 4.29. The number of aliphatic imine (C=N–C) groups is 1. The van der Waals surface area contributed by atoms with Gasteiger partial charge in [-0.2, -0.15) is 5.21 Å². The predicted molar refractivity (Wildman–Crippen MR) is 93.2 cm³/mol. The van der Waals surface area contributed by atoms with Gasteiger partial charge in [-0.1, -0.05) is 6.08 Å². The van der Waals surface area contributed by atoms with Crippen LogP contribution in [0.5, 0.6) is 0 Å². The predicted octanol–water partition coefficient (Wildman–Crippen LogP) is 2.43. The Balaban J connectivity index is 1.49. The van der Waals surface area contributed by atoms with Gasteiger partial charge in [0.05, 0.1) is 0 Å². The standard InChI is InChI=1S/C17H19N7/c1-2-24-9-3-4-13-11-18-16(10-15(13)24)19-14-7-5-12(6-8-14)17-20-22-23-21-17/h3,5-11,13,16,19H,2,4H2,1H3,(H,20,21,22,23). The lowest BCUT2D eigenvalue weighted by Crippen LogP contribution is -2.32. The van der Waals surface area contributed by atoms with Crippen molar-refractivity contribution in [3.63, 3.8) is 0 Å². The number of dihydropyridines is 1. The molecule has 2 aliphatic heterocycles. The molecule has 1 aromatic heterocycles. The zero-order valence-electron chi connectivity index (χ0n) is 13.4. The summed E-state index contributed by atoms with van der Waals surface area (Å²) in [7, 11) is 0. The van der Waals surface area contributed by atoms with Crippen LogP contribution in [0.1, 0.15) is 13.3 Å². The summed E-state index contributed by atoms with van der Waals surface area (Å²) in [5, 5.41) is 17.4. The van der Waals surface area contributed by atoms with Crippen LogP contribution in [-0.2, 0) is 0 Å². The Morgan fingerprint density at radius 3 is 2.92 bits per heavy atom. The van der Waals surface area contributed by atoms with E-state index in [1.54, 1.807) is 0 Å². The highest BCUT2D eigenvalue weighted by Crippen LogP contribution is 2.28. The largest absolute Gasteiger partial charge is 0.361 e. The number of hydrogen-bond acceptors (Lipinski definition) is 6. The van der Waals surface area contributed by atoms with Crippen molar-refractivity contribution in [3.8, 4) is 11.4 Å². The molecular weight excluding hydrogens is 302 g/mol. The lowest BCUT2D eigenvalue weighted by molar-refractivity contribution is 0.421. The average molecular weight is 321 g/mol. The van der Waals surface area contributed by atoms with E-state index in [9.17, 15) is 0 Å². The molecule has 1 aromatic carbocycles. The van der Waals surface area contributed by atoms with Gasteiger partial charge in [-0.05, 0) is 55.1 Å². The maximum atomic E-state index is 4.64. The first-order valence-corrected chi connectivity index (χ1v) is 8.12. The van der Waals surface area contributed by atoms with Gasteiger partial charge in [0.15, 0.2) is 0 Å². The minimum absolute atomic E-state index is 0.0483. The van der Waals surface area contributed by atoms with Gasteiger partial charge >= 0.3 is 0 Å². The Labute approximate surface area is 140 Å². The van der Waals surface area contributed by atoms with Crippen LogP contribution in [0.15, 0.2) is 53.3 Å². The van der Waals surface area contributed by atoms with E-state index in [2.05, 4.69) is 67.3 Å². The molecule has 7 heteroatoms. The van der Waals surface area contributed by atoms with Crippen molar-refractivity contribution >= 4 is 11.9 Å². The summed E-state index contributed by atoms with van der Waals surface area (Å²) < 4.78 is 0. The quantitative estimate of drug-likeness (QED) is 0.904. The minimum Gasteiger partial charge on any atom is -0.361 e. The molecule has 0 fully saturated rings. The summed E-state index contributed by atoms with van der Waals surface area (Å²) >= 11 is 0. The van der Waals surface area contributed by atoms with Crippen LogP contribution in [0.2, 0.25) is 0 Å². The molecule has 2 N–H and O–H groups in total. The lowest BCUT2D eigenvalue weighted by Gasteiger charge is -2.33. The van der Waals surface area contributed by atoms with E-state index in [1.165, 1.54) is 5.70 Å². The molecule has 24 heavy (non-hydrogen) atoms. The number of aromatic amines is 1. The van der Waals surface area contributed by atoms with Crippen molar-refractivity contribution in [2.75, 3.05) is 11.9 Å². The number of H-pyrrole nitrogens is 1. The molecule has 4 rings (SSSR count). The first-order chi connectivity index (χ1) is 11.8. The molecule has 122 valence electrons. The fraction of sp³-hybridized carbons (Fsp3) is 0.294. The Morgan fingerprint density at radius 2 is 2.17 bits per heavy atom. The van der Waals surface area contributed by atoms with Gasteiger partial charge in [0, 0.05) is 35.6 Å². The van der Waals surface area contributed by atoms with Gasteiger partial charge in [0.25, 0.3) is 0 Å². The summed E-state index contributed by atoms with van der Waals surface area (Å²) in [5.41, 5.74) is 3.26. The Bertz CT molecular complexity index is 774. The number of rotatable bonds is 4.